The van der Waals surface area contributed by atoms with Crippen molar-refractivity contribution in [2.45, 2.75) is 26.2 Å². The van der Waals surface area contributed by atoms with Crippen molar-refractivity contribution in [3.63, 3.8) is 0 Å². The summed E-state index contributed by atoms with van der Waals surface area (Å²) in [5.74, 6) is -3.24. The highest BCUT2D eigenvalue weighted by atomic mass is 19.4. The van der Waals surface area contributed by atoms with Crippen LogP contribution < -0.4 is 0 Å². The van der Waals surface area contributed by atoms with Crippen LogP contribution in [0.4, 0.5) is 30.7 Å². The predicted octanol–water partition coefficient (Wildman–Crippen LogP) is 3.72. The Bertz CT molecular complexity index is 108. The molecule has 0 rings (SSSR count). The normalized spacial score (nSPS) is 12.5. The summed E-state index contributed by atoms with van der Waals surface area (Å²) in [5, 5.41) is 0. The van der Waals surface area contributed by atoms with Crippen molar-refractivity contribution < 1.29 is 30.7 Å². The molecule has 0 nitrogen and oxygen atoms in total. The second-order valence-corrected chi connectivity index (χ2v) is 2.07. The van der Waals surface area contributed by atoms with Crippen LogP contribution in [0.25, 0.3) is 0 Å². The molecule has 0 fully saturated rings. The molecule has 0 heterocycles. The third kappa shape index (κ3) is 7.86. The van der Waals surface area contributed by atoms with Gasteiger partial charge in [0.05, 0.1) is 6.67 Å². The van der Waals surface area contributed by atoms with Gasteiger partial charge in [-0.05, 0) is 13.8 Å². The van der Waals surface area contributed by atoms with Crippen LogP contribution in [0.1, 0.15) is 13.8 Å². The second-order valence-electron chi connectivity index (χ2n) is 2.07. The molecule has 0 N–H and O–H groups in total. The molecule has 0 atom stereocenters. The van der Waals surface area contributed by atoms with Crippen LogP contribution in [0.15, 0.2) is 0 Å². The van der Waals surface area contributed by atoms with Gasteiger partial charge < -0.3 is 0 Å². The van der Waals surface area contributed by atoms with E-state index in [1.807, 2.05) is 0 Å². The molecule has 13 heavy (non-hydrogen) atoms. The average Bonchev–Trinajstić information content (AvgIpc) is 1.84. The highest BCUT2D eigenvalue weighted by Gasteiger charge is 2.53. The van der Waals surface area contributed by atoms with Gasteiger partial charge in [-0.3, -0.25) is 4.39 Å². The van der Waals surface area contributed by atoms with Gasteiger partial charge in [-0.15, -0.1) is 0 Å². The minimum absolute atomic E-state index is 0.0833. The maximum Gasteiger partial charge on any atom is 0.400 e. The van der Waals surface area contributed by atoms with E-state index in [9.17, 15) is 30.7 Å². The lowest BCUT2D eigenvalue weighted by molar-refractivity contribution is -0.278. The number of hydrogen-bond acceptors (Lipinski definition) is 0. The molecule has 7 heteroatoms. The Morgan fingerprint density at radius 1 is 0.923 bits per heavy atom. The Balaban J connectivity index is 0. The highest BCUT2D eigenvalue weighted by Crippen LogP contribution is 2.38. The molecular weight excluding hydrogens is 205 g/mol. The molecule has 0 aliphatic rings. The van der Waals surface area contributed by atoms with Crippen molar-refractivity contribution in [1.82, 2.24) is 0 Å². The van der Waals surface area contributed by atoms with Gasteiger partial charge >= 0.3 is 12.4 Å². The van der Waals surface area contributed by atoms with Gasteiger partial charge in [0.2, 0.25) is 0 Å². The lowest BCUT2D eigenvalue weighted by Crippen LogP contribution is -2.33. The maximum absolute atomic E-state index is 11.2. The van der Waals surface area contributed by atoms with E-state index in [2.05, 4.69) is 0 Å². The quantitative estimate of drug-likeness (QED) is 0.539. The second kappa shape index (κ2) is 5.29. The zero-order valence-electron chi connectivity index (χ0n) is 6.93. The van der Waals surface area contributed by atoms with Crippen LogP contribution in [0, 0.1) is 5.92 Å². The summed E-state index contributed by atoms with van der Waals surface area (Å²) >= 11 is 0. The number of alkyl halides is 7. The topological polar surface area (TPSA) is 0 Å². The maximum atomic E-state index is 11.2. The molecule has 0 bridgehead atoms. The van der Waals surface area contributed by atoms with Gasteiger partial charge in [0, 0.05) is 0 Å². The Morgan fingerprint density at radius 2 is 1.08 bits per heavy atom. The Kier molecular flexibility index (Phi) is 6.10. The molecule has 0 aromatic heterocycles. The minimum atomic E-state index is -5.18. The zero-order valence-corrected chi connectivity index (χ0v) is 6.93. The van der Waals surface area contributed by atoms with Crippen molar-refractivity contribution in [1.29, 1.82) is 0 Å². The van der Waals surface area contributed by atoms with Crippen LogP contribution in [0.2, 0.25) is 0 Å². The largest absolute Gasteiger partial charge is 0.400 e. The van der Waals surface area contributed by atoms with Crippen molar-refractivity contribution in [2.75, 3.05) is 6.67 Å². The van der Waals surface area contributed by atoms with Crippen LogP contribution in [-0.2, 0) is 0 Å². The van der Waals surface area contributed by atoms with Gasteiger partial charge in [0.25, 0.3) is 0 Å². The molecule has 0 amide bonds. The summed E-state index contributed by atoms with van der Waals surface area (Å²) in [4.78, 5) is 0. The third-order valence-electron chi connectivity index (χ3n) is 0.982. The highest BCUT2D eigenvalue weighted by molar-refractivity contribution is 4.69. The van der Waals surface area contributed by atoms with Gasteiger partial charge in [0.15, 0.2) is 0 Å². The monoisotopic (exact) mass is 214 g/mol. The number of halogens is 7. The Morgan fingerprint density at radius 3 is 1.08 bits per heavy atom. The fourth-order valence-electron chi connectivity index (χ4n) is 0.186. The van der Waals surface area contributed by atoms with Crippen molar-refractivity contribution >= 4 is 0 Å². The van der Waals surface area contributed by atoms with E-state index in [0.717, 1.165) is 0 Å². The minimum Gasteiger partial charge on any atom is -0.251 e. The SMILES string of the molecule is CC(C(F)(F)F)C(F)(F)F.CCF. The van der Waals surface area contributed by atoms with Crippen LogP contribution in [-0.4, -0.2) is 19.0 Å². The first-order chi connectivity index (χ1) is 5.57. The number of hydrogen-bond donors (Lipinski definition) is 0. The Labute approximate surface area is 70.7 Å². The third-order valence-corrected chi connectivity index (χ3v) is 0.982. The smallest absolute Gasteiger partial charge is 0.251 e. The van der Waals surface area contributed by atoms with Crippen LogP contribution in [0.3, 0.4) is 0 Å². The van der Waals surface area contributed by atoms with E-state index in [-0.39, 0.29) is 13.6 Å². The predicted molar refractivity (Wildman–Crippen MR) is 32.9 cm³/mol. The average molecular weight is 214 g/mol. The van der Waals surface area contributed by atoms with E-state index in [1.165, 1.54) is 6.92 Å². The lowest BCUT2D eigenvalue weighted by atomic mass is 10.2. The van der Waals surface area contributed by atoms with Gasteiger partial charge in [-0.25, -0.2) is 0 Å². The number of rotatable bonds is 0. The first kappa shape index (κ1) is 15.0. The summed E-state index contributed by atoms with van der Waals surface area (Å²) in [7, 11) is 0. The summed E-state index contributed by atoms with van der Waals surface area (Å²) in [5.41, 5.74) is 0. The van der Waals surface area contributed by atoms with E-state index < -0.39 is 18.3 Å². The van der Waals surface area contributed by atoms with E-state index in [0.29, 0.717) is 0 Å². The molecule has 0 aliphatic carbocycles. The first-order valence-corrected chi connectivity index (χ1v) is 3.26. The van der Waals surface area contributed by atoms with Crippen LogP contribution in [0.5, 0.6) is 0 Å². The molecule has 0 spiro atoms. The first-order valence-electron chi connectivity index (χ1n) is 3.26. The standard InChI is InChI=1S/C4H4F6.C2H5F/c1-2(3(5,6)7)4(8,9)10;1-2-3/h2H,1H3;2H2,1H3. The molecule has 82 valence electrons. The summed E-state index contributed by atoms with van der Waals surface area (Å²) in [6, 6.07) is 0. The van der Waals surface area contributed by atoms with Gasteiger partial charge in [-0.1, -0.05) is 0 Å². The fraction of sp³-hybridized carbons (Fsp3) is 1.00. The molecule has 0 aromatic rings. The van der Waals surface area contributed by atoms with Crippen molar-refractivity contribution in [3.8, 4) is 0 Å². The van der Waals surface area contributed by atoms with Gasteiger partial charge in [-0.2, -0.15) is 26.3 Å². The van der Waals surface area contributed by atoms with E-state index in [4.69, 9.17) is 0 Å². The molecule has 0 aliphatic heterocycles. The van der Waals surface area contributed by atoms with E-state index in [1.54, 1.807) is 0 Å². The summed E-state index contributed by atoms with van der Waals surface area (Å²) < 4.78 is 77.6. The van der Waals surface area contributed by atoms with Gasteiger partial charge in [0.1, 0.15) is 5.92 Å². The Hall–Kier alpha value is -0.490. The van der Waals surface area contributed by atoms with Crippen molar-refractivity contribution in [2.24, 2.45) is 5.92 Å². The molecule has 0 aromatic carbocycles. The molecular formula is C6H9F7. The fourth-order valence-corrected chi connectivity index (χ4v) is 0.186. The summed E-state index contributed by atoms with van der Waals surface area (Å²) in [6.07, 6.45) is -10.4. The molecule has 0 saturated carbocycles. The summed E-state index contributed by atoms with van der Waals surface area (Å²) in [6.45, 7) is 1.29. The molecule has 0 saturated heterocycles. The van der Waals surface area contributed by atoms with Crippen LogP contribution >= 0.6 is 0 Å². The molecule has 0 radical (unpaired) electrons. The van der Waals surface area contributed by atoms with Crippen molar-refractivity contribution in [3.05, 3.63) is 0 Å². The zero-order chi connectivity index (χ0) is 11.3. The molecule has 0 unspecified atom stereocenters. The van der Waals surface area contributed by atoms with E-state index >= 15 is 0 Å². The lowest BCUT2D eigenvalue weighted by Gasteiger charge is -2.17.